The first-order valence-electron chi connectivity index (χ1n) is 17.0. The van der Waals surface area contributed by atoms with E-state index in [1.165, 1.54) is 5.56 Å². The summed E-state index contributed by atoms with van der Waals surface area (Å²) >= 11 is 0. The van der Waals surface area contributed by atoms with E-state index in [0.29, 0.717) is 32.5 Å². The molecule has 4 atom stereocenters. The molecule has 2 aromatic carbocycles. The number of hydrogen-bond donors (Lipinski definition) is 2. The van der Waals surface area contributed by atoms with Crippen LogP contribution >= 0.6 is 0 Å². The number of para-hydroxylation sites is 1. The van der Waals surface area contributed by atoms with Gasteiger partial charge in [-0.1, -0.05) is 56.3 Å². The number of carbonyl (C=O) groups excluding carboxylic acids is 4. The molecule has 2 saturated heterocycles. The molecule has 0 aromatic heterocycles. The summed E-state index contributed by atoms with van der Waals surface area (Å²) < 4.78 is 5.94. The molecule has 4 amide bonds. The second kappa shape index (κ2) is 15.8. The van der Waals surface area contributed by atoms with Crippen molar-refractivity contribution in [2.75, 3.05) is 33.2 Å². The van der Waals surface area contributed by atoms with Crippen LogP contribution in [0.4, 0.5) is 0 Å². The van der Waals surface area contributed by atoms with Gasteiger partial charge < -0.3 is 25.2 Å². The quantitative estimate of drug-likeness (QED) is 0.383. The SMILES string of the molecule is CC(C)C[C@@H](NC(=O)c1ccccc1O[C@@H](C)C(=O)NC(C)(C)C)C(=O)N1CCC[C@@H]1C(=O)N1CCN(C)[C@@H](Cc2ccccc2)C1. The molecule has 2 aliphatic heterocycles. The maximum atomic E-state index is 14.1. The van der Waals surface area contributed by atoms with E-state index < -0.39 is 29.6 Å². The highest BCUT2D eigenvalue weighted by molar-refractivity contribution is 6.00. The van der Waals surface area contributed by atoms with Gasteiger partial charge in [0, 0.05) is 37.8 Å². The molecule has 0 aliphatic carbocycles. The van der Waals surface area contributed by atoms with E-state index in [2.05, 4.69) is 34.7 Å². The van der Waals surface area contributed by atoms with Gasteiger partial charge in [-0.25, -0.2) is 0 Å². The van der Waals surface area contributed by atoms with Crippen LogP contribution in [0.2, 0.25) is 0 Å². The number of likely N-dealkylation sites (N-methyl/N-ethyl adjacent to an activating group) is 1. The van der Waals surface area contributed by atoms with Crippen LogP contribution in [0, 0.1) is 5.92 Å². The zero-order chi connectivity index (χ0) is 34.3. The number of nitrogens with one attached hydrogen (secondary N) is 2. The van der Waals surface area contributed by atoms with Crippen molar-refractivity contribution < 1.29 is 23.9 Å². The highest BCUT2D eigenvalue weighted by atomic mass is 16.5. The van der Waals surface area contributed by atoms with Crippen molar-refractivity contribution >= 4 is 23.6 Å². The fourth-order valence-corrected chi connectivity index (χ4v) is 6.35. The third-order valence-corrected chi connectivity index (χ3v) is 8.84. The number of nitrogens with zero attached hydrogens (tertiary/aromatic N) is 3. The molecule has 0 radical (unpaired) electrons. The number of benzene rings is 2. The summed E-state index contributed by atoms with van der Waals surface area (Å²) in [6.45, 7) is 13.8. The van der Waals surface area contributed by atoms with Crippen molar-refractivity contribution in [1.29, 1.82) is 0 Å². The summed E-state index contributed by atoms with van der Waals surface area (Å²) in [5.41, 5.74) is 1.04. The van der Waals surface area contributed by atoms with Gasteiger partial charge in [0.05, 0.1) is 5.56 Å². The summed E-state index contributed by atoms with van der Waals surface area (Å²) in [5.74, 6) is -0.645. The third-order valence-electron chi connectivity index (χ3n) is 8.84. The Kier molecular flexibility index (Phi) is 12.1. The zero-order valence-electron chi connectivity index (χ0n) is 29.1. The van der Waals surface area contributed by atoms with Gasteiger partial charge in [-0.2, -0.15) is 0 Å². The van der Waals surface area contributed by atoms with E-state index in [9.17, 15) is 19.2 Å². The molecular weight excluding hydrogens is 594 g/mol. The maximum Gasteiger partial charge on any atom is 0.261 e. The predicted octanol–water partition coefficient (Wildman–Crippen LogP) is 3.89. The van der Waals surface area contributed by atoms with Crippen molar-refractivity contribution in [2.45, 2.75) is 97.0 Å². The van der Waals surface area contributed by atoms with Crippen molar-refractivity contribution in [3.63, 3.8) is 0 Å². The van der Waals surface area contributed by atoms with Gasteiger partial charge >= 0.3 is 0 Å². The second-order valence-electron chi connectivity index (χ2n) is 14.4. The molecule has 4 rings (SSSR count). The van der Waals surface area contributed by atoms with Crippen molar-refractivity contribution in [3.8, 4) is 5.75 Å². The molecule has 2 heterocycles. The van der Waals surface area contributed by atoms with Gasteiger partial charge in [0.25, 0.3) is 11.8 Å². The number of hydrogen-bond acceptors (Lipinski definition) is 6. The molecule has 0 bridgehead atoms. The molecule has 0 unspecified atom stereocenters. The molecule has 2 aromatic rings. The largest absolute Gasteiger partial charge is 0.480 e. The predicted molar refractivity (Wildman–Crippen MR) is 183 cm³/mol. The van der Waals surface area contributed by atoms with Crippen LogP contribution in [0.15, 0.2) is 54.6 Å². The Morgan fingerprint density at radius 3 is 2.30 bits per heavy atom. The summed E-state index contributed by atoms with van der Waals surface area (Å²) in [7, 11) is 2.10. The Labute approximate surface area is 280 Å². The molecule has 47 heavy (non-hydrogen) atoms. The molecule has 256 valence electrons. The third kappa shape index (κ3) is 9.79. The van der Waals surface area contributed by atoms with E-state index in [1.807, 2.05) is 57.7 Å². The van der Waals surface area contributed by atoms with Gasteiger partial charge in [0.1, 0.15) is 17.8 Å². The standard InChI is InChI=1S/C37H53N5O5/c1-25(2)22-30(38-34(44)29-16-11-12-18-32(29)47-26(3)33(43)39-37(4,5)6)35(45)42-19-13-17-31(42)36(46)41-21-20-40(7)28(24-41)23-27-14-9-8-10-15-27/h8-12,14-16,18,25-26,28,30-31H,13,17,19-24H2,1-7H3,(H,38,44)(H,39,43)/t26-,28-,30+,31+/m0/s1. The number of rotatable bonds is 11. The zero-order valence-corrected chi connectivity index (χ0v) is 29.1. The van der Waals surface area contributed by atoms with Crippen LogP contribution in [-0.2, 0) is 20.8 Å². The van der Waals surface area contributed by atoms with Crippen molar-refractivity contribution in [2.24, 2.45) is 5.92 Å². The Morgan fingerprint density at radius 1 is 0.936 bits per heavy atom. The second-order valence-corrected chi connectivity index (χ2v) is 14.4. The lowest BCUT2D eigenvalue weighted by atomic mass is 10.0. The van der Waals surface area contributed by atoms with Crippen LogP contribution < -0.4 is 15.4 Å². The van der Waals surface area contributed by atoms with Gasteiger partial charge in [-0.05, 0) is 84.0 Å². The van der Waals surface area contributed by atoms with E-state index in [4.69, 9.17) is 4.74 Å². The number of carbonyl (C=O) groups is 4. The molecule has 2 fully saturated rings. The molecule has 2 N–H and O–H groups in total. The fourth-order valence-electron chi connectivity index (χ4n) is 6.35. The highest BCUT2D eigenvalue weighted by Crippen LogP contribution is 2.25. The first-order chi connectivity index (χ1) is 22.2. The average molecular weight is 648 g/mol. The highest BCUT2D eigenvalue weighted by Gasteiger charge is 2.41. The van der Waals surface area contributed by atoms with Crippen LogP contribution in [0.25, 0.3) is 0 Å². The van der Waals surface area contributed by atoms with Gasteiger partial charge in [0.15, 0.2) is 6.10 Å². The van der Waals surface area contributed by atoms with E-state index in [1.54, 1.807) is 36.1 Å². The van der Waals surface area contributed by atoms with Gasteiger partial charge in [-0.3, -0.25) is 24.1 Å². The fraction of sp³-hybridized carbons (Fsp3) is 0.568. The number of amides is 4. The Hall–Kier alpha value is -3.92. The lowest BCUT2D eigenvalue weighted by Gasteiger charge is -2.41. The molecule has 10 nitrogen and oxygen atoms in total. The van der Waals surface area contributed by atoms with Crippen LogP contribution in [0.1, 0.15) is 76.7 Å². The number of likely N-dealkylation sites (tertiary alicyclic amines) is 1. The molecule has 10 heteroatoms. The summed E-state index contributed by atoms with van der Waals surface area (Å²) in [4.78, 5) is 60.4. The monoisotopic (exact) mass is 647 g/mol. The average Bonchev–Trinajstić information content (AvgIpc) is 3.51. The lowest BCUT2D eigenvalue weighted by Crippen LogP contribution is -2.59. The smallest absolute Gasteiger partial charge is 0.261 e. The summed E-state index contributed by atoms with van der Waals surface area (Å²) in [6, 6.07) is 15.9. The van der Waals surface area contributed by atoms with E-state index in [-0.39, 0.29) is 41.0 Å². The van der Waals surface area contributed by atoms with Crippen LogP contribution in [0.3, 0.4) is 0 Å². The minimum atomic E-state index is -0.838. The Balaban J connectivity index is 1.46. The maximum absolute atomic E-state index is 14.1. The van der Waals surface area contributed by atoms with Crippen LogP contribution in [0.5, 0.6) is 5.75 Å². The summed E-state index contributed by atoms with van der Waals surface area (Å²) in [6.07, 6.45) is 1.77. The topological polar surface area (TPSA) is 111 Å². The normalized spacial score (nSPS) is 20.1. The Bertz CT molecular complexity index is 1390. The molecule has 0 spiro atoms. The van der Waals surface area contributed by atoms with Crippen molar-refractivity contribution in [3.05, 3.63) is 65.7 Å². The number of ether oxygens (including phenoxy) is 1. The van der Waals surface area contributed by atoms with E-state index in [0.717, 1.165) is 19.4 Å². The minimum Gasteiger partial charge on any atom is -0.480 e. The molecule has 0 saturated carbocycles. The lowest BCUT2D eigenvalue weighted by molar-refractivity contribution is -0.146. The molecular formula is C37H53N5O5. The summed E-state index contributed by atoms with van der Waals surface area (Å²) in [5, 5.41) is 5.85. The van der Waals surface area contributed by atoms with Crippen LogP contribution in [-0.4, -0.2) is 101 Å². The number of piperazine rings is 1. The van der Waals surface area contributed by atoms with Gasteiger partial charge in [-0.15, -0.1) is 0 Å². The minimum absolute atomic E-state index is 0.0158. The first-order valence-corrected chi connectivity index (χ1v) is 17.0. The Morgan fingerprint density at radius 2 is 1.62 bits per heavy atom. The van der Waals surface area contributed by atoms with Crippen molar-refractivity contribution in [1.82, 2.24) is 25.3 Å². The van der Waals surface area contributed by atoms with E-state index >= 15 is 0 Å². The molecule has 2 aliphatic rings. The first kappa shape index (κ1) is 35.9. The van der Waals surface area contributed by atoms with Gasteiger partial charge in [0.2, 0.25) is 11.8 Å².